The zero-order valence-corrected chi connectivity index (χ0v) is 13.3. The van der Waals surface area contributed by atoms with E-state index in [2.05, 4.69) is 5.10 Å². The quantitative estimate of drug-likeness (QED) is 0.898. The second kappa shape index (κ2) is 6.57. The SMILES string of the molecule is CN(Cc1ccco1)C(=O)C1=NN(c2ccccc2)C(C(N)=O)C1. The molecule has 2 amide bonds. The molecule has 2 heterocycles. The van der Waals surface area contributed by atoms with Crippen molar-refractivity contribution in [3.8, 4) is 0 Å². The van der Waals surface area contributed by atoms with Crippen molar-refractivity contribution in [3.05, 3.63) is 54.5 Å². The van der Waals surface area contributed by atoms with Gasteiger partial charge in [0.15, 0.2) is 0 Å². The van der Waals surface area contributed by atoms with E-state index in [0.717, 1.165) is 5.69 Å². The summed E-state index contributed by atoms with van der Waals surface area (Å²) in [5.41, 5.74) is 6.50. The minimum Gasteiger partial charge on any atom is -0.467 e. The number of hydrazone groups is 1. The topological polar surface area (TPSA) is 92.1 Å². The minimum absolute atomic E-state index is 0.186. The lowest BCUT2D eigenvalue weighted by Crippen LogP contribution is -2.40. The van der Waals surface area contributed by atoms with Crippen molar-refractivity contribution in [2.75, 3.05) is 12.1 Å². The lowest BCUT2D eigenvalue weighted by Gasteiger charge is -2.20. The number of carbonyl (C=O) groups excluding carboxylic acids is 2. The van der Waals surface area contributed by atoms with Crippen LogP contribution in [0.1, 0.15) is 12.2 Å². The molecule has 1 unspecified atom stereocenters. The standard InChI is InChI=1S/C17H18N4O3/c1-20(11-13-8-5-9-24-13)17(23)14-10-15(16(18)22)21(19-14)12-6-3-2-4-7-12/h2-9,15H,10-11H2,1H3,(H2,18,22). The van der Waals surface area contributed by atoms with Crippen LogP contribution < -0.4 is 10.7 Å². The first-order valence-electron chi connectivity index (χ1n) is 7.55. The lowest BCUT2D eigenvalue weighted by molar-refractivity contribution is -0.123. The van der Waals surface area contributed by atoms with Gasteiger partial charge in [0, 0.05) is 13.5 Å². The number of furan rings is 1. The number of carbonyl (C=O) groups is 2. The van der Waals surface area contributed by atoms with Crippen LogP contribution in [-0.2, 0) is 16.1 Å². The number of hydrogen-bond donors (Lipinski definition) is 1. The Bertz CT molecular complexity index is 755. The van der Waals surface area contributed by atoms with Crippen LogP contribution in [0.3, 0.4) is 0 Å². The van der Waals surface area contributed by atoms with Crippen molar-refractivity contribution >= 4 is 23.2 Å². The van der Waals surface area contributed by atoms with Crippen LogP contribution in [0.15, 0.2) is 58.2 Å². The van der Waals surface area contributed by atoms with E-state index in [1.54, 1.807) is 25.4 Å². The van der Waals surface area contributed by atoms with Crippen molar-refractivity contribution in [1.82, 2.24) is 4.90 Å². The minimum atomic E-state index is -0.664. The Hall–Kier alpha value is -3.09. The molecule has 0 aliphatic carbocycles. The summed E-state index contributed by atoms with van der Waals surface area (Å²) in [5, 5.41) is 5.85. The smallest absolute Gasteiger partial charge is 0.270 e. The summed E-state index contributed by atoms with van der Waals surface area (Å²) in [5.74, 6) is -0.0917. The number of anilines is 1. The average Bonchev–Trinajstić information content (AvgIpc) is 3.24. The Morgan fingerprint density at radius 3 is 2.67 bits per heavy atom. The van der Waals surface area contributed by atoms with Crippen molar-refractivity contribution in [3.63, 3.8) is 0 Å². The van der Waals surface area contributed by atoms with E-state index in [1.807, 2.05) is 30.3 Å². The Kier molecular flexibility index (Phi) is 4.33. The van der Waals surface area contributed by atoms with Gasteiger partial charge in [-0.25, -0.2) is 0 Å². The van der Waals surface area contributed by atoms with Crippen LogP contribution in [0.4, 0.5) is 5.69 Å². The van der Waals surface area contributed by atoms with Crippen LogP contribution in [0.5, 0.6) is 0 Å². The molecule has 2 aromatic rings. The van der Waals surface area contributed by atoms with E-state index >= 15 is 0 Å². The van der Waals surface area contributed by atoms with Gasteiger partial charge in [-0.05, 0) is 24.3 Å². The molecule has 0 fully saturated rings. The predicted octanol–water partition coefficient (Wildman–Crippen LogP) is 1.36. The fraction of sp³-hybridized carbons (Fsp3) is 0.235. The third kappa shape index (κ3) is 3.15. The van der Waals surface area contributed by atoms with Gasteiger partial charge in [0.25, 0.3) is 5.91 Å². The molecule has 2 N–H and O–H groups in total. The van der Waals surface area contributed by atoms with Gasteiger partial charge in [0.05, 0.1) is 18.5 Å². The number of rotatable bonds is 5. The van der Waals surface area contributed by atoms with Gasteiger partial charge in [-0.2, -0.15) is 5.10 Å². The van der Waals surface area contributed by atoms with Gasteiger partial charge in [-0.1, -0.05) is 18.2 Å². The van der Waals surface area contributed by atoms with E-state index in [4.69, 9.17) is 10.2 Å². The molecule has 1 aromatic carbocycles. The number of para-hydroxylation sites is 1. The zero-order chi connectivity index (χ0) is 17.1. The maximum absolute atomic E-state index is 12.6. The van der Waals surface area contributed by atoms with Crippen LogP contribution in [0.25, 0.3) is 0 Å². The Morgan fingerprint density at radius 1 is 1.29 bits per heavy atom. The van der Waals surface area contributed by atoms with Gasteiger partial charge >= 0.3 is 0 Å². The molecule has 1 aliphatic heterocycles. The van der Waals surface area contributed by atoms with Gasteiger partial charge in [0.1, 0.15) is 17.5 Å². The molecular formula is C17H18N4O3. The molecule has 0 saturated carbocycles. The Balaban J connectivity index is 1.80. The maximum atomic E-state index is 12.6. The van der Waals surface area contributed by atoms with Gasteiger partial charge in [0.2, 0.25) is 5.91 Å². The van der Waals surface area contributed by atoms with E-state index < -0.39 is 11.9 Å². The van der Waals surface area contributed by atoms with Gasteiger partial charge in [-0.3, -0.25) is 14.6 Å². The molecule has 0 saturated heterocycles. The maximum Gasteiger partial charge on any atom is 0.270 e. The van der Waals surface area contributed by atoms with Gasteiger partial charge < -0.3 is 15.1 Å². The largest absolute Gasteiger partial charge is 0.467 e. The third-order valence-electron chi connectivity index (χ3n) is 3.83. The molecule has 3 rings (SSSR count). The number of hydrogen-bond acceptors (Lipinski definition) is 5. The number of amides is 2. The molecule has 0 bridgehead atoms. The molecular weight excluding hydrogens is 308 g/mol. The van der Waals surface area contributed by atoms with Crippen LogP contribution in [-0.4, -0.2) is 35.5 Å². The molecule has 7 heteroatoms. The molecule has 1 aliphatic rings. The molecule has 0 spiro atoms. The van der Waals surface area contributed by atoms with Crippen molar-refractivity contribution < 1.29 is 14.0 Å². The van der Waals surface area contributed by atoms with Crippen molar-refractivity contribution in [1.29, 1.82) is 0 Å². The fourth-order valence-corrected chi connectivity index (χ4v) is 2.61. The summed E-state index contributed by atoms with van der Waals surface area (Å²) in [6.07, 6.45) is 1.74. The highest BCUT2D eigenvalue weighted by Gasteiger charge is 2.35. The first kappa shape index (κ1) is 15.8. The fourth-order valence-electron chi connectivity index (χ4n) is 2.61. The van der Waals surface area contributed by atoms with Crippen LogP contribution in [0, 0.1) is 0 Å². The highest BCUT2D eigenvalue weighted by atomic mass is 16.3. The van der Waals surface area contributed by atoms with E-state index in [9.17, 15) is 9.59 Å². The Morgan fingerprint density at radius 2 is 2.04 bits per heavy atom. The summed E-state index contributed by atoms with van der Waals surface area (Å²) in [4.78, 5) is 25.8. The second-order valence-electron chi connectivity index (χ2n) is 5.59. The number of benzene rings is 1. The monoisotopic (exact) mass is 326 g/mol. The first-order chi connectivity index (χ1) is 11.6. The average molecular weight is 326 g/mol. The first-order valence-corrected chi connectivity index (χ1v) is 7.55. The van der Waals surface area contributed by atoms with E-state index in [-0.39, 0.29) is 12.3 Å². The Labute approximate surface area is 139 Å². The highest BCUT2D eigenvalue weighted by molar-refractivity contribution is 6.40. The van der Waals surface area contributed by atoms with E-state index in [0.29, 0.717) is 18.0 Å². The normalized spacial score (nSPS) is 16.8. The lowest BCUT2D eigenvalue weighted by atomic mass is 10.1. The zero-order valence-electron chi connectivity index (χ0n) is 13.3. The molecule has 1 atom stereocenters. The summed E-state index contributed by atoms with van der Waals surface area (Å²) < 4.78 is 5.25. The second-order valence-corrected chi connectivity index (χ2v) is 5.59. The van der Waals surface area contributed by atoms with Crippen LogP contribution >= 0.6 is 0 Å². The number of nitrogens with two attached hydrogens (primary N) is 1. The summed E-state index contributed by atoms with van der Waals surface area (Å²) in [6, 6.07) is 12.1. The van der Waals surface area contributed by atoms with Gasteiger partial charge in [-0.15, -0.1) is 0 Å². The molecule has 7 nitrogen and oxygen atoms in total. The van der Waals surface area contributed by atoms with Crippen molar-refractivity contribution in [2.45, 2.75) is 19.0 Å². The highest BCUT2D eigenvalue weighted by Crippen LogP contribution is 2.25. The van der Waals surface area contributed by atoms with Crippen molar-refractivity contribution in [2.24, 2.45) is 10.8 Å². The summed E-state index contributed by atoms with van der Waals surface area (Å²) >= 11 is 0. The third-order valence-corrected chi connectivity index (χ3v) is 3.83. The summed E-state index contributed by atoms with van der Waals surface area (Å²) in [6.45, 7) is 0.331. The van der Waals surface area contributed by atoms with E-state index in [1.165, 1.54) is 9.91 Å². The van der Waals surface area contributed by atoms with Crippen LogP contribution in [0.2, 0.25) is 0 Å². The molecule has 124 valence electrons. The number of primary amides is 1. The summed E-state index contributed by atoms with van der Waals surface area (Å²) in [7, 11) is 1.66. The molecule has 1 aromatic heterocycles. The number of nitrogens with zero attached hydrogens (tertiary/aromatic N) is 3. The molecule has 24 heavy (non-hydrogen) atoms. The predicted molar refractivity (Wildman–Crippen MR) is 89.1 cm³/mol. The molecule has 0 radical (unpaired) electrons.